The minimum Gasteiger partial charge on any atom is -0.385 e. The summed E-state index contributed by atoms with van der Waals surface area (Å²) in [7, 11) is 0. The van der Waals surface area contributed by atoms with Gasteiger partial charge in [-0.15, -0.1) is 0 Å². The number of hydrogen-bond acceptors (Lipinski definition) is 6. The number of halogens is 1. The van der Waals surface area contributed by atoms with Crippen LogP contribution in [0.5, 0.6) is 0 Å². The highest BCUT2D eigenvalue weighted by molar-refractivity contribution is 6.35. The van der Waals surface area contributed by atoms with Gasteiger partial charge in [-0.3, -0.25) is 0 Å². The molecule has 2 heterocycles. The molecule has 0 aromatic carbocycles. The highest BCUT2D eigenvalue weighted by Crippen LogP contribution is 2.28. The number of nitrogen functional groups attached to an aromatic ring is 1. The maximum absolute atomic E-state index is 10.3. The predicted octanol–water partition coefficient (Wildman–Crippen LogP) is 0.664. The van der Waals surface area contributed by atoms with E-state index < -0.39 is 5.60 Å². The summed E-state index contributed by atoms with van der Waals surface area (Å²) in [4.78, 5) is 7.73. The number of aliphatic hydroxyl groups is 1. The van der Waals surface area contributed by atoms with Crippen LogP contribution < -0.4 is 11.1 Å². The standard InChI is InChI=1S/C10H15ClN4O2/c1-6-10(16,2-3-17-6)4-13-9-7(11)8(12)14-5-15-9/h5-6,16H,2-4H2,1H3,(H3,12,13,14,15). The van der Waals surface area contributed by atoms with E-state index in [4.69, 9.17) is 22.1 Å². The fourth-order valence-electron chi connectivity index (χ4n) is 1.75. The van der Waals surface area contributed by atoms with E-state index in [2.05, 4.69) is 15.3 Å². The Hall–Kier alpha value is -1.11. The Morgan fingerprint density at radius 3 is 3.12 bits per heavy atom. The van der Waals surface area contributed by atoms with Crippen molar-refractivity contribution in [3.05, 3.63) is 11.3 Å². The Bertz CT molecular complexity index is 417. The molecule has 7 heteroatoms. The third kappa shape index (κ3) is 2.43. The normalized spacial score (nSPS) is 28.3. The maximum Gasteiger partial charge on any atom is 0.150 e. The molecular weight excluding hydrogens is 244 g/mol. The molecule has 1 fully saturated rings. The van der Waals surface area contributed by atoms with Crippen molar-refractivity contribution in [3.8, 4) is 0 Å². The molecule has 17 heavy (non-hydrogen) atoms. The van der Waals surface area contributed by atoms with Gasteiger partial charge in [0.1, 0.15) is 22.8 Å². The maximum atomic E-state index is 10.3. The molecule has 2 atom stereocenters. The summed E-state index contributed by atoms with van der Waals surface area (Å²) in [5, 5.41) is 13.5. The van der Waals surface area contributed by atoms with Gasteiger partial charge in [-0.2, -0.15) is 0 Å². The Kier molecular flexibility index (Phi) is 3.37. The Morgan fingerprint density at radius 1 is 1.71 bits per heavy atom. The van der Waals surface area contributed by atoms with Crippen molar-refractivity contribution in [3.63, 3.8) is 0 Å². The molecule has 2 unspecified atom stereocenters. The van der Waals surface area contributed by atoms with Crippen LogP contribution in [0.15, 0.2) is 6.33 Å². The number of aromatic nitrogens is 2. The van der Waals surface area contributed by atoms with Gasteiger partial charge in [-0.25, -0.2) is 9.97 Å². The average molecular weight is 259 g/mol. The number of nitrogens with zero attached hydrogens (tertiary/aromatic N) is 2. The van der Waals surface area contributed by atoms with Crippen LogP contribution in [0.4, 0.5) is 11.6 Å². The largest absolute Gasteiger partial charge is 0.385 e. The Labute approximate surface area is 104 Å². The molecule has 1 saturated heterocycles. The second-order valence-electron chi connectivity index (χ2n) is 4.14. The zero-order chi connectivity index (χ0) is 12.5. The average Bonchev–Trinajstić information content (AvgIpc) is 2.62. The van der Waals surface area contributed by atoms with Crippen molar-refractivity contribution in [2.24, 2.45) is 0 Å². The molecule has 6 nitrogen and oxygen atoms in total. The molecule has 0 spiro atoms. The van der Waals surface area contributed by atoms with E-state index in [1.54, 1.807) is 0 Å². The van der Waals surface area contributed by atoms with Crippen molar-refractivity contribution in [1.29, 1.82) is 0 Å². The summed E-state index contributed by atoms with van der Waals surface area (Å²) in [5.41, 5.74) is 4.65. The minimum atomic E-state index is -0.900. The van der Waals surface area contributed by atoms with Crippen molar-refractivity contribution >= 4 is 23.2 Å². The lowest BCUT2D eigenvalue weighted by molar-refractivity contribution is -0.0176. The number of nitrogens with one attached hydrogen (secondary N) is 1. The lowest BCUT2D eigenvalue weighted by Gasteiger charge is -2.26. The zero-order valence-electron chi connectivity index (χ0n) is 9.48. The molecule has 0 amide bonds. The fourth-order valence-corrected chi connectivity index (χ4v) is 1.91. The highest BCUT2D eigenvalue weighted by Gasteiger charge is 2.39. The van der Waals surface area contributed by atoms with Crippen LogP contribution in [0.25, 0.3) is 0 Å². The van der Waals surface area contributed by atoms with Gasteiger partial charge in [0.25, 0.3) is 0 Å². The molecule has 1 aromatic rings. The molecule has 0 radical (unpaired) electrons. The van der Waals surface area contributed by atoms with Gasteiger partial charge in [0.05, 0.1) is 6.10 Å². The van der Waals surface area contributed by atoms with Crippen LogP contribution in [0.3, 0.4) is 0 Å². The summed E-state index contributed by atoms with van der Waals surface area (Å²) >= 11 is 5.94. The van der Waals surface area contributed by atoms with Crippen molar-refractivity contribution in [2.75, 3.05) is 24.2 Å². The van der Waals surface area contributed by atoms with Crippen LogP contribution >= 0.6 is 11.6 Å². The summed E-state index contributed by atoms with van der Waals surface area (Å²) in [6.07, 6.45) is 1.69. The molecule has 0 bridgehead atoms. The molecular formula is C10H15ClN4O2. The van der Waals surface area contributed by atoms with Crippen LogP contribution in [0, 0.1) is 0 Å². The second-order valence-corrected chi connectivity index (χ2v) is 4.52. The molecule has 2 rings (SSSR count). The molecule has 1 aliphatic rings. The molecule has 4 N–H and O–H groups in total. The van der Waals surface area contributed by atoms with E-state index in [1.807, 2.05) is 6.92 Å². The third-order valence-corrected chi connectivity index (χ3v) is 3.41. The third-order valence-electron chi connectivity index (χ3n) is 3.04. The number of anilines is 2. The van der Waals surface area contributed by atoms with Crippen LogP contribution in [0.1, 0.15) is 13.3 Å². The molecule has 1 aliphatic heterocycles. The molecule has 0 saturated carbocycles. The first kappa shape index (κ1) is 12.3. The number of nitrogens with two attached hydrogens (primary N) is 1. The second kappa shape index (κ2) is 4.64. The van der Waals surface area contributed by atoms with Crippen LogP contribution in [-0.4, -0.2) is 39.9 Å². The van der Waals surface area contributed by atoms with Gasteiger partial charge in [0.15, 0.2) is 5.82 Å². The van der Waals surface area contributed by atoms with Crippen LogP contribution in [0.2, 0.25) is 5.02 Å². The van der Waals surface area contributed by atoms with E-state index in [0.29, 0.717) is 25.4 Å². The van der Waals surface area contributed by atoms with Crippen molar-refractivity contribution in [1.82, 2.24) is 9.97 Å². The van der Waals surface area contributed by atoms with E-state index >= 15 is 0 Å². The monoisotopic (exact) mass is 258 g/mol. The highest BCUT2D eigenvalue weighted by atomic mass is 35.5. The van der Waals surface area contributed by atoms with Gasteiger partial charge < -0.3 is 20.9 Å². The topological polar surface area (TPSA) is 93.3 Å². The minimum absolute atomic E-state index is 0.215. The summed E-state index contributed by atoms with van der Waals surface area (Å²) in [6.45, 7) is 2.70. The van der Waals surface area contributed by atoms with Crippen molar-refractivity contribution in [2.45, 2.75) is 25.0 Å². The number of ether oxygens (including phenoxy) is 1. The quantitative estimate of drug-likeness (QED) is 0.738. The van der Waals surface area contributed by atoms with Gasteiger partial charge in [0, 0.05) is 19.6 Å². The summed E-state index contributed by atoms with van der Waals surface area (Å²) in [6, 6.07) is 0. The summed E-state index contributed by atoms with van der Waals surface area (Å²) < 4.78 is 5.33. The van der Waals surface area contributed by atoms with Crippen LogP contribution in [-0.2, 0) is 4.74 Å². The summed E-state index contributed by atoms with van der Waals surface area (Å²) in [5.74, 6) is 0.638. The zero-order valence-corrected chi connectivity index (χ0v) is 10.2. The van der Waals surface area contributed by atoms with E-state index in [1.165, 1.54) is 6.33 Å². The predicted molar refractivity (Wildman–Crippen MR) is 64.9 cm³/mol. The smallest absolute Gasteiger partial charge is 0.150 e. The lowest BCUT2D eigenvalue weighted by atomic mass is 9.97. The Balaban J connectivity index is 2.05. The van der Waals surface area contributed by atoms with Gasteiger partial charge >= 0.3 is 0 Å². The fraction of sp³-hybridized carbons (Fsp3) is 0.600. The van der Waals surface area contributed by atoms with Gasteiger partial charge in [-0.05, 0) is 6.92 Å². The van der Waals surface area contributed by atoms with Gasteiger partial charge in [0.2, 0.25) is 0 Å². The molecule has 0 aliphatic carbocycles. The number of hydrogen-bond donors (Lipinski definition) is 3. The first-order valence-electron chi connectivity index (χ1n) is 5.37. The Morgan fingerprint density at radius 2 is 2.47 bits per heavy atom. The number of rotatable bonds is 3. The van der Waals surface area contributed by atoms with Crippen molar-refractivity contribution < 1.29 is 9.84 Å². The van der Waals surface area contributed by atoms with E-state index in [0.717, 1.165) is 0 Å². The SMILES string of the molecule is CC1OCCC1(O)CNc1ncnc(N)c1Cl. The first-order valence-corrected chi connectivity index (χ1v) is 5.74. The molecule has 1 aromatic heterocycles. The lowest BCUT2D eigenvalue weighted by Crippen LogP contribution is -2.43. The molecule has 94 valence electrons. The first-order chi connectivity index (χ1) is 8.03. The van der Waals surface area contributed by atoms with E-state index in [-0.39, 0.29) is 16.9 Å². The van der Waals surface area contributed by atoms with Gasteiger partial charge in [-0.1, -0.05) is 11.6 Å². The van der Waals surface area contributed by atoms with E-state index in [9.17, 15) is 5.11 Å².